The summed E-state index contributed by atoms with van der Waals surface area (Å²) >= 11 is 0. The van der Waals surface area contributed by atoms with Crippen LogP contribution in [0.3, 0.4) is 0 Å². The molecule has 0 aliphatic carbocycles. The number of aromatic hydroxyl groups is 1. The third kappa shape index (κ3) is 3.12. The van der Waals surface area contributed by atoms with E-state index >= 15 is 0 Å². The molecule has 1 atom stereocenters. The van der Waals surface area contributed by atoms with Crippen LogP contribution in [0.25, 0.3) is 0 Å². The molecular weight excluding hydrogens is 344 g/mol. The van der Waals surface area contributed by atoms with Gasteiger partial charge in [-0.05, 0) is 59.7 Å². The first kappa shape index (κ1) is 16.8. The zero-order valence-corrected chi connectivity index (χ0v) is 14.8. The van der Waals surface area contributed by atoms with E-state index in [0.717, 1.165) is 5.56 Å². The first-order valence-corrected chi connectivity index (χ1v) is 8.45. The summed E-state index contributed by atoms with van der Waals surface area (Å²) in [7, 11) is 0. The smallest absolute Gasteiger partial charge is 0.255 e. The van der Waals surface area contributed by atoms with E-state index in [2.05, 4.69) is 26.2 Å². The summed E-state index contributed by atoms with van der Waals surface area (Å²) in [5.74, 6) is 0.282. The number of anilines is 2. The molecule has 1 unspecified atom stereocenters. The number of hydrogen-bond acceptors (Lipinski definition) is 6. The molecule has 2 aromatic carbocycles. The SMILES string of the molecule is CC1=C(C(=O)Nc2cccc(C)c2)C(c2cccc(O)c2)n2nnnc2N1. The van der Waals surface area contributed by atoms with Gasteiger partial charge in [0, 0.05) is 11.4 Å². The number of nitrogens with one attached hydrogen (secondary N) is 2. The first-order valence-electron chi connectivity index (χ1n) is 8.45. The minimum Gasteiger partial charge on any atom is -0.508 e. The zero-order valence-electron chi connectivity index (χ0n) is 14.8. The van der Waals surface area contributed by atoms with E-state index < -0.39 is 6.04 Å². The van der Waals surface area contributed by atoms with Crippen molar-refractivity contribution in [1.82, 2.24) is 20.2 Å². The molecule has 3 N–H and O–H groups in total. The Labute approximate surface area is 155 Å². The van der Waals surface area contributed by atoms with E-state index in [1.807, 2.05) is 37.3 Å². The zero-order chi connectivity index (χ0) is 19.0. The van der Waals surface area contributed by atoms with Crippen molar-refractivity contribution in [2.75, 3.05) is 10.6 Å². The summed E-state index contributed by atoms with van der Waals surface area (Å²) in [6.07, 6.45) is 0. The highest BCUT2D eigenvalue weighted by atomic mass is 16.3. The molecule has 8 heteroatoms. The van der Waals surface area contributed by atoms with Crippen LogP contribution in [0, 0.1) is 6.92 Å². The van der Waals surface area contributed by atoms with Gasteiger partial charge in [-0.15, -0.1) is 0 Å². The van der Waals surface area contributed by atoms with Crippen LogP contribution in [0.2, 0.25) is 0 Å². The summed E-state index contributed by atoms with van der Waals surface area (Å²) in [4.78, 5) is 13.1. The molecular formula is C19H18N6O2. The number of carbonyl (C=O) groups is 1. The van der Waals surface area contributed by atoms with E-state index in [1.54, 1.807) is 25.1 Å². The summed E-state index contributed by atoms with van der Waals surface area (Å²) in [6.45, 7) is 3.77. The summed E-state index contributed by atoms with van der Waals surface area (Å²) in [5, 5.41) is 27.6. The Bertz CT molecular complexity index is 1060. The maximum Gasteiger partial charge on any atom is 0.255 e. The number of nitrogens with zero attached hydrogens (tertiary/aromatic N) is 4. The molecule has 4 rings (SSSR count). The normalized spacial score (nSPS) is 15.9. The summed E-state index contributed by atoms with van der Waals surface area (Å²) < 4.78 is 1.53. The molecule has 0 spiro atoms. The second-order valence-electron chi connectivity index (χ2n) is 6.43. The van der Waals surface area contributed by atoms with Gasteiger partial charge in [-0.3, -0.25) is 4.79 Å². The number of amides is 1. The van der Waals surface area contributed by atoms with Crippen molar-refractivity contribution >= 4 is 17.5 Å². The van der Waals surface area contributed by atoms with E-state index in [0.29, 0.717) is 28.5 Å². The maximum atomic E-state index is 13.1. The van der Waals surface area contributed by atoms with Crippen molar-refractivity contribution < 1.29 is 9.90 Å². The number of hydrogen-bond donors (Lipinski definition) is 3. The number of carbonyl (C=O) groups excluding carboxylic acids is 1. The highest BCUT2D eigenvalue weighted by molar-refractivity contribution is 6.06. The molecule has 1 aromatic heterocycles. The fourth-order valence-electron chi connectivity index (χ4n) is 3.23. The quantitative estimate of drug-likeness (QED) is 0.661. The van der Waals surface area contributed by atoms with Crippen molar-refractivity contribution in [2.45, 2.75) is 19.9 Å². The second kappa shape index (κ2) is 6.56. The Balaban J connectivity index is 1.77. The Hall–Kier alpha value is -3.68. The van der Waals surface area contributed by atoms with Crippen molar-refractivity contribution in [1.29, 1.82) is 0 Å². The molecule has 27 heavy (non-hydrogen) atoms. The van der Waals surface area contributed by atoms with Crippen LogP contribution in [0.4, 0.5) is 11.6 Å². The monoisotopic (exact) mass is 362 g/mol. The van der Waals surface area contributed by atoms with Crippen molar-refractivity contribution in [3.05, 3.63) is 70.9 Å². The van der Waals surface area contributed by atoms with E-state index in [1.165, 1.54) is 4.68 Å². The van der Waals surface area contributed by atoms with Gasteiger partial charge in [0.2, 0.25) is 5.95 Å². The molecule has 0 saturated heterocycles. The summed E-state index contributed by atoms with van der Waals surface area (Å²) in [5.41, 5.74) is 3.58. The fraction of sp³-hybridized carbons (Fsp3) is 0.158. The minimum atomic E-state index is -0.562. The first-order chi connectivity index (χ1) is 13.0. The molecule has 0 fully saturated rings. The number of fused-ring (bicyclic) bond motifs is 1. The predicted octanol–water partition coefficient (Wildman–Crippen LogP) is 2.61. The standard InChI is InChI=1S/C19H18N6O2/c1-11-5-3-7-14(9-11)21-18(27)16-12(2)20-19-22-23-24-25(19)17(16)13-6-4-8-15(26)10-13/h3-10,17,26H,1-2H3,(H,21,27)(H,20,22,24). The van der Waals surface area contributed by atoms with Gasteiger partial charge in [-0.1, -0.05) is 29.4 Å². The number of rotatable bonds is 3. The van der Waals surface area contributed by atoms with Crippen molar-refractivity contribution in [3.63, 3.8) is 0 Å². The van der Waals surface area contributed by atoms with E-state index in [4.69, 9.17) is 0 Å². The van der Waals surface area contributed by atoms with Crippen LogP contribution >= 0.6 is 0 Å². The summed E-state index contributed by atoms with van der Waals surface area (Å²) in [6, 6.07) is 13.8. The lowest BCUT2D eigenvalue weighted by atomic mass is 9.95. The third-order valence-electron chi connectivity index (χ3n) is 4.42. The lowest BCUT2D eigenvalue weighted by molar-refractivity contribution is -0.113. The van der Waals surface area contributed by atoms with E-state index in [-0.39, 0.29) is 11.7 Å². The molecule has 1 amide bonds. The largest absolute Gasteiger partial charge is 0.508 e. The van der Waals surface area contributed by atoms with Gasteiger partial charge in [0.25, 0.3) is 5.91 Å². The molecule has 0 bridgehead atoms. The van der Waals surface area contributed by atoms with Crippen LogP contribution < -0.4 is 10.6 Å². The molecule has 0 saturated carbocycles. The van der Waals surface area contributed by atoms with Crippen LogP contribution in [-0.2, 0) is 4.79 Å². The molecule has 1 aliphatic rings. The van der Waals surface area contributed by atoms with Gasteiger partial charge in [-0.2, -0.15) is 4.68 Å². The second-order valence-corrected chi connectivity index (χ2v) is 6.43. The van der Waals surface area contributed by atoms with Crippen LogP contribution in [0.1, 0.15) is 24.1 Å². The Morgan fingerprint density at radius 2 is 2.00 bits per heavy atom. The highest BCUT2D eigenvalue weighted by Crippen LogP contribution is 2.35. The number of benzene rings is 2. The number of aromatic nitrogens is 4. The third-order valence-corrected chi connectivity index (χ3v) is 4.42. The number of phenolic OH excluding ortho intramolecular Hbond substituents is 1. The van der Waals surface area contributed by atoms with Crippen molar-refractivity contribution in [3.8, 4) is 5.75 Å². The van der Waals surface area contributed by atoms with Gasteiger partial charge < -0.3 is 15.7 Å². The van der Waals surface area contributed by atoms with E-state index in [9.17, 15) is 9.90 Å². The molecule has 3 aromatic rings. The maximum absolute atomic E-state index is 13.1. The molecule has 0 radical (unpaired) electrons. The number of tetrazole rings is 1. The highest BCUT2D eigenvalue weighted by Gasteiger charge is 2.34. The number of aryl methyl sites for hydroxylation is 1. The Morgan fingerprint density at radius 3 is 2.78 bits per heavy atom. The van der Waals surface area contributed by atoms with Gasteiger partial charge >= 0.3 is 0 Å². The lowest BCUT2D eigenvalue weighted by Gasteiger charge is -2.28. The topological polar surface area (TPSA) is 105 Å². The van der Waals surface area contributed by atoms with Crippen LogP contribution in [0.5, 0.6) is 5.75 Å². The molecule has 8 nitrogen and oxygen atoms in total. The van der Waals surface area contributed by atoms with Crippen molar-refractivity contribution in [2.24, 2.45) is 0 Å². The van der Waals surface area contributed by atoms with Crippen LogP contribution in [0.15, 0.2) is 59.8 Å². The number of allylic oxidation sites excluding steroid dienone is 1. The minimum absolute atomic E-state index is 0.108. The average Bonchev–Trinajstić information content (AvgIpc) is 3.08. The van der Waals surface area contributed by atoms with Gasteiger partial charge in [-0.25, -0.2) is 0 Å². The predicted molar refractivity (Wildman–Crippen MR) is 100 cm³/mol. The van der Waals surface area contributed by atoms with Gasteiger partial charge in [0.15, 0.2) is 0 Å². The number of phenols is 1. The van der Waals surface area contributed by atoms with Gasteiger partial charge in [0.05, 0.1) is 5.57 Å². The lowest BCUT2D eigenvalue weighted by Crippen LogP contribution is -2.31. The molecule has 136 valence electrons. The van der Waals surface area contributed by atoms with Gasteiger partial charge in [0.1, 0.15) is 11.8 Å². The molecule has 1 aliphatic heterocycles. The van der Waals surface area contributed by atoms with Crippen LogP contribution in [-0.4, -0.2) is 31.2 Å². The fourth-order valence-corrected chi connectivity index (χ4v) is 3.23. The Morgan fingerprint density at radius 1 is 1.19 bits per heavy atom. The average molecular weight is 362 g/mol. The molecule has 2 heterocycles. The Kier molecular flexibility index (Phi) is 4.08.